The average molecular weight is 368 g/mol. The first-order chi connectivity index (χ1) is 13.2. The number of amides is 1. The van der Waals surface area contributed by atoms with Crippen LogP contribution in [0.4, 0.5) is 0 Å². The number of hydrogen-bond acceptors (Lipinski definition) is 4. The van der Waals surface area contributed by atoms with Gasteiger partial charge in [0.1, 0.15) is 6.61 Å². The highest BCUT2D eigenvalue weighted by Gasteiger charge is 2.20. The molecule has 2 aromatic rings. The summed E-state index contributed by atoms with van der Waals surface area (Å²) in [5.41, 5.74) is 2.05. The molecule has 1 aromatic carbocycles. The fourth-order valence-electron chi connectivity index (χ4n) is 3.57. The number of ether oxygens (including phenoxy) is 2. The number of rotatable bonds is 8. The van der Waals surface area contributed by atoms with Crippen LogP contribution in [0.3, 0.4) is 0 Å². The molecule has 27 heavy (non-hydrogen) atoms. The van der Waals surface area contributed by atoms with Crippen LogP contribution in [0.2, 0.25) is 0 Å². The number of pyridine rings is 1. The van der Waals surface area contributed by atoms with E-state index < -0.39 is 0 Å². The second-order valence-corrected chi connectivity index (χ2v) is 7.20. The van der Waals surface area contributed by atoms with Crippen LogP contribution in [0.5, 0.6) is 11.5 Å². The Hall–Kier alpha value is -2.56. The molecule has 1 unspecified atom stereocenters. The molecule has 3 rings (SSSR count). The molecule has 0 spiro atoms. The zero-order valence-electron chi connectivity index (χ0n) is 16.1. The number of methoxy groups -OCH3 is 1. The summed E-state index contributed by atoms with van der Waals surface area (Å²) in [5, 5.41) is 3.11. The van der Waals surface area contributed by atoms with Gasteiger partial charge in [-0.25, -0.2) is 0 Å². The SMILES string of the molecule is COc1cc(C(C)NC(=O)CC2CCCC2)ccc1OCc1ccncc1. The van der Waals surface area contributed by atoms with Gasteiger partial charge < -0.3 is 14.8 Å². The zero-order valence-corrected chi connectivity index (χ0v) is 16.1. The summed E-state index contributed by atoms with van der Waals surface area (Å²) in [6.07, 6.45) is 8.99. The molecule has 1 aliphatic rings. The molecule has 1 N–H and O–H groups in total. The van der Waals surface area contributed by atoms with Crippen molar-refractivity contribution in [3.05, 3.63) is 53.9 Å². The van der Waals surface area contributed by atoms with Crippen LogP contribution in [0, 0.1) is 5.92 Å². The van der Waals surface area contributed by atoms with Gasteiger partial charge in [-0.3, -0.25) is 9.78 Å². The van der Waals surface area contributed by atoms with E-state index in [0.717, 1.165) is 11.1 Å². The summed E-state index contributed by atoms with van der Waals surface area (Å²) in [6, 6.07) is 9.58. The maximum atomic E-state index is 12.3. The molecule has 5 heteroatoms. The van der Waals surface area contributed by atoms with Crippen LogP contribution in [-0.2, 0) is 11.4 Å². The minimum atomic E-state index is -0.0675. The van der Waals surface area contributed by atoms with Gasteiger partial charge in [-0.15, -0.1) is 0 Å². The normalized spacial score (nSPS) is 15.3. The van der Waals surface area contributed by atoms with Gasteiger partial charge in [-0.1, -0.05) is 18.9 Å². The summed E-state index contributed by atoms with van der Waals surface area (Å²) in [5.74, 6) is 2.03. The highest BCUT2D eigenvalue weighted by atomic mass is 16.5. The fraction of sp³-hybridized carbons (Fsp3) is 0.455. The quantitative estimate of drug-likeness (QED) is 0.749. The molecule has 1 heterocycles. The van der Waals surface area contributed by atoms with Crippen molar-refractivity contribution < 1.29 is 14.3 Å². The van der Waals surface area contributed by atoms with E-state index in [2.05, 4.69) is 10.3 Å². The summed E-state index contributed by atoms with van der Waals surface area (Å²) < 4.78 is 11.4. The number of carbonyl (C=O) groups is 1. The number of carbonyl (C=O) groups excluding carboxylic acids is 1. The lowest BCUT2D eigenvalue weighted by molar-refractivity contribution is -0.122. The molecular weight excluding hydrogens is 340 g/mol. The van der Waals surface area contributed by atoms with Gasteiger partial charge in [0.2, 0.25) is 5.91 Å². The smallest absolute Gasteiger partial charge is 0.220 e. The van der Waals surface area contributed by atoms with Crippen LogP contribution in [0.25, 0.3) is 0 Å². The van der Waals surface area contributed by atoms with Gasteiger partial charge in [0.15, 0.2) is 11.5 Å². The van der Waals surface area contributed by atoms with Crippen LogP contribution in [0.15, 0.2) is 42.7 Å². The molecular formula is C22H28N2O3. The number of benzene rings is 1. The molecule has 0 aliphatic heterocycles. The maximum absolute atomic E-state index is 12.3. The predicted octanol–water partition coefficient (Wildman–Crippen LogP) is 4.43. The van der Waals surface area contributed by atoms with Gasteiger partial charge >= 0.3 is 0 Å². The Morgan fingerprint density at radius 3 is 2.63 bits per heavy atom. The lowest BCUT2D eigenvalue weighted by atomic mass is 10.0. The van der Waals surface area contributed by atoms with E-state index in [9.17, 15) is 4.79 Å². The highest BCUT2D eigenvalue weighted by Crippen LogP contribution is 2.31. The largest absolute Gasteiger partial charge is 0.493 e. The van der Waals surface area contributed by atoms with Gasteiger partial charge in [-0.05, 0) is 61.1 Å². The number of hydrogen-bond donors (Lipinski definition) is 1. The van der Waals surface area contributed by atoms with Gasteiger partial charge in [-0.2, -0.15) is 0 Å². The summed E-state index contributed by atoms with van der Waals surface area (Å²) in [6.45, 7) is 2.45. The molecule has 5 nitrogen and oxygen atoms in total. The number of nitrogens with zero attached hydrogens (tertiary/aromatic N) is 1. The van der Waals surface area contributed by atoms with Crippen molar-refractivity contribution in [3.63, 3.8) is 0 Å². The maximum Gasteiger partial charge on any atom is 0.220 e. The van der Waals surface area contributed by atoms with Crippen molar-refractivity contribution in [2.75, 3.05) is 7.11 Å². The summed E-state index contributed by atoms with van der Waals surface area (Å²) >= 11 is 0. The highest BCUT2D eigenvalue weighted by molar-refractivity contribution is 5.76. The molecule has 1 amide bonds. The van der Waals surface area contributed by atoms with Crippen LogP contribution < -0.4 is 14.8 Å². The minimum absolute atomic E-state index is 0.0675. The number of nitrogens with one attached hydrogen (secondary N) is 1. The van der Waals surface area contributed by atoms with Crippen LogP contribution in [0.1, 0.15) is 56.2 Å². The third-order valence-corrected chi connectivity index (χ3v) is 5.16. The van der Waals surface area contributed by atoms with Crippen molar-refractivity contribution >= 4 is 5.91 Å². The first-order valence-corrected chi connectivity index (χ1v) is 9.64. The van der Waals surface area contributed by atoms with Crippen molar-refractivity contribution in [2.45, 2.75) is 51.7 Å². The molecule has 144 valence electrons. The monoisotopic (exact) mass is 368 g/mol. The molecule has 1 aromatic heterocycles. The third-order valence-electron chi connectivity index (χ3n) is 5.16. The Labute approximate surface area is 161 Å². The predicted molar refractivity (Wildman–Crippen MR) is 105 cm³/mol. The second-order valence-electron chi connectivity index (χ2n) is 7.20. The molecule has 1 atom stereocenters. The van der Waals surface area contributed by atoms with Crippen molar-refractivity contribution in [1.29, 1.82) is 0 Å². The van der Waals surface area contributed by atoms with Crippen molar-refractivity contribution in [2.24, 2.45) is 5.92 Å². The van der Waals surface area contributed by atoms with E-state index in [1.54, 1.807) is 19.5 Å². The van der Waals surface area contributed by atoms with Crippen molar-refractivity contribution in [1.82, 2.24) is 10.3 Å². The third kappa shape index (κ3) is 5.46. The van der Waals surface area contributed by atoms with E-state index in [0.29, 0.717) is 30.4 Å². The van der Waals surface area contributed by atoms with E-state index in [1.165, 1.54) is 25.7 Å². The Kier molecular flexibility index (Phi) is 6.69. The summed E-state index contributed by atoms with van der Waals surface area (Å²) in [4.78, 5) is 16.3. The lowest BCUT2D eigenvalue weighted by Gasteiger charge is -2.18. The van der Waals surface area contributed by atoms with E-state index in [-0.39, 0.29) is 11.9 Å². The first-order valence-electron chi connectivity index (χ1n) is 9.64. The van der Waals surface area contributed by atoms with Gasteiger partial charge in [0, 0.05) is 18.8 Å². The van der Waals surface area contributed by atoms with Crippen LogP contribution >= 0.6 is 0 Å². The summed E-state index contributed by atoms with van der Waals surface area (Å²) in [7, 11) is 1.63. The molecule has 0 radical (unpaired) electrons. The van der Waals surface area contributed by atoms with E-state index in [4.69, 9.17) is 9.47 Å². The average Bonchev–Trinajstić information content (AvgIpc) is 3.19. The Morgan fingerprint density at radius 1 is 1.19 bits per heavy atom. The van der Waals surface area contributed by atoms with Crippen LogP contribution in [-0.4, -0.2) is 18.0 Å². The molecule has 1 fully saturated rings. The molecule has 1 saturated carbocycles. The Bertz CT molecular complexity index is 742. The number of aromatic nitrogens is 1. The molecule has 0 bridgehead atoms. The van der Waals surface area contributed by atoms with Crippen molar-refractivity contribution in [3.8, 4) is 11.5 Å². The standard InChI is InChI=1S/C22H28N2O3/c1-16(24-22(25)13-17-5-3-4-6-17)19-7-8-20(21(14-19)26-2)27-15-18-9-11-23-12-10-18/h7-12,14,16-17H,3-6,13,15H2,1-2H3,(H,24,25). The second kappa shape index (κ2) is 9.40. The van der Waals surface area contributed by atoms with Gasteiger partial charge in [0.05, 0.1) is 13.2 Å². The Balaban J connectivity index is 1.59. The minimum Gasteiger partial charge on any atom is -0.493 e. The van der Waals surface area contributed by atoms with E-state index >= 15 is 0 Å². The first kappa shape index (κ1) is 19.2. The lowest BCUT2D eigenvalue weighted by Crippen LogP contribution is -2.28. The molecule has 0 saturated heterocycles. The van der Waals surface area contributed by atoms with Gasteiger partial charge in [0.25, 0.3) is 0 Å². The fourth-order valence-corrected chi connectivity index (χ4v) is 3.57. The van der Waals surface area contributed by atoms with E-state index in [1.807, 2.05) is 37.3 Å². The molecule has 1 aliphatic carbocycles. The zero-order chi connectivity index (χ0) is 19.1. The topological polar surface area (TPSA) is 60.5 Å². The Morgan fingerprint density at radius 2 is 1.93 bits per heavy atom.